The number of anilines is 2. The molecule has 0 spiro atoms. The van der Waals surface area contributed by atoms with Crippen molar-refractivity contribution in [2.45, 2.75) is 33.6 Å². The Morgan fingerprint density at radius 1 is 1.07 bits per heavy atom. The average molecular weight is 439 g/mol. The topological polar surface area (TPSA) is 50.4 Å². The summed E-state index contributed by atoms with van der Waals surface area (Å²) in [6.45, 7) is 6.30. The Labute approximate surface area is 187 Å². The predicted molar refractivity (Wildman–Crippen MR) is 130 cm³/mol. The van der Waals surface area contributed by atoms with Crippen LogP contribution in [0.3, 0.4) is 0 Å². The van der Waals surface area contributed by atoms with Crippen LogP contribution in [-0.2, 0) is 17.6 Å². The van der Waals surface area contributed by atoms with E-state index in [0.717, 1.165) is 29.0 Å². The first-order valence-electron chi connectivity index (χ1n) is 10.0. The molecule has 4 nitrogen and oxygen atoms in total. The molecule has 0 aliphatic heterocycles. The fourth-order valence-electron chi connectivity index (χ4n) is 3.23. The molecule has 1 heterocycles. The number of carbonyl (C=O) groups excluding carboxylic acids is 1. The second-order valence-corrected chi connectivity index (χ2v) is 8.43. The van der Waals surface area contributed by atoms with Crippen molar-refractivity contribution in [1.29, 1.82) is 0 Å². The second kappa shape index (κ2) is 10.4. The van der Waals surface area contributed by atoms with E-state index in [1.165, 1.54) is 22.5 Å². The summed E-state index contributed by atoms with van der Waals surface area (Å²) in [6.07, 6.45) is 1.65. The number of thiophene rings is 1. The minimum Gasteiger partial charge on any atom is -0.462 e. The molecule has 0 aliphatic carbocycles. The van der Waals surface area contributed by atoms with Crippen LogP contribution in [0, 0.1) is 6.92 Å². The number of hydrogen-bond donors (Lipinski definition) is 2. The second-order valence-electron chi connectivity index (χ2n) is 6.88. The van der Waals surface area contributed by atoms with E-state index in [-0.39, 0.29) is 5.97 Å². The van der Waals surface area contributed by atoms with Crippen LogP contribution in [0.5, 0.6) is 0 Å². The number of carbonyl (C=O) groups is 1. The first-order valence-corrected chi connectivity index (χ1v) is 11.2. The van der Waals surface area contributed by atoms with Gasteiger partial charge in [0.05, 0.1) is 12.2 Å². The molecule has 0 fully saturated rings. The third kappa shape index (κ3) is 5.46. The van der Waals surface area contributed by atoms with Crippen LogP contribution in [0.25, 0.3) is 0 Å². The number of esters is 1. The summed E-state index contributed by atoms with van der Waals surface area (Å²) in [7, 11) is 0. The molecule has 30 heavy (non-hydrogen) atoms. The fourth-order valence-corrected chi connectivity index (χ4v) is 4.58. The van der Waals surface area contributed by atoms with E-state index >= 15 is 0 Å². The van der Waals surface area contributed by atoms with Crippen molar-refractivity contribution in [3.05, 3.63) is 81.7 Å². The quantitative estimate of drug-likeness (QED) is 0.340. The zero-order chi connectivity index (χ0) is 21.5. The van der Waals surface area contributed by atoms with Crippen molar-refractivity contribution in [3.63, 3.8) is 0 Å². The van der Waals surface area contributed by atoms with Crippen LogP contribution in [0.2, 0.25) is 0 Å². The Morgan fingerprint density at radius 2 is 1.83 bits per heavy atom. The van der Waals surface area contributed by atoms with Crippen molar-refractivity contribution in [1.82, 2.24) is 0 Å². The third-order valence-electron chi connectivity index (χ3n) is 4.71. The van der Waals surface area contributed by atoms with Gasteiger partial charge in [-0.1, -0.05) is 55.5 Å². The molecule has 3 rings (SSSR count). The maximum Gasteiger partial charge on any atom is 0.341 e. The molecule has 3 aromatic rings. The lowest BCUT2D eigenvalue weighted by atomic mass is 10.1. The summed E-state index contributed by atoms with van der Waals surface area (Å²) in [6, 6.07) is 18.3. The number of hydrogen-bond acceptors (Lipinski definition) is 4. The van der Waals surface area contributed by atoms with E-state index in [9.17, 15) is 4.79 Å². The minimum atomic E-state index is -0.344. The molecule has 0 saturated heterocycles. The van der Waals surface area contributed by atoms with Crippen LogP contribution >= 0.6 is 23.6 Å². The summed E-state index contributed by atoms with van der Waals surface area (Å²) < 4.78 is 5.25. The first-order chi connectivity index (χ1) is 14.5. The third-order valence-corrected chi connectivity index (χ3v) is 5.96. The first kappa shape index (κ1) is 22.0. The maximum atomic E-state index is 12.5. The molecule has 0 bridgehead atoms. The highest BCUT2D eigenvalue weighted by Crippen LogP contribution is 2.31. The zero-order valence-electron chi connectivity index (χ0n) is 17.5. The summed E-state index contributed by atoms with van der Waals surface area (Å²) >= 11 is 7.09. The number of ether oxygens (including phenoxy) is 1. The molecule has 0 unspecified atom stereocenters. The van der Waals surface area contributed by atoms with E-state index in [1.54, 1.807) is 6.92 Å². The van der Waals surface area contributed by atoms with Crippen LogP contribution in [0.4, 0.5) is 10.7 Å². The Bertz CT molecular complexity index is 1030. The molecule has 0 atom stereocenters. The lowest BCUT2D eigenvalue weighted by molar-refractivity contribution is 0.0528. The number of thiocarbonyl (C=S) groups is 1. The maximum absolute atomic E-state index is 12.5. The van der Waals surface area contributed by atoms with Crippen LogP contribution in [0.1, 0.15) is 45.8 Å². The van der Waals surface area contributed by atoms with Gasteiger partial charge in [-0.25, -0.2) is 4.79 Å². The number of para-hydroxylation sites is 1. The van der Waals surface area contributed by atoms with Gasteiger partial charge in [-0.2, -0.15) is 0 Å². The van der Waals surface area contributed by atoms with Gasteiger partial charge < -0.3 is 15.4 Å². The van der Waals surface area contributed by atoms with Crippen molar-refractivity contribution < 1.29 is 9.53 Å². The Hall–Kier alpha value is -2.70. The lowest BCUT2D eigenvalue weighted by Crippen LogP contribution is -2.21. The smallest absolute Gasteiger partial charge is 0.341 e. The number of nitrogens with one attached hydrogen (secondary N) is 2. The number of rotatable bonds is 7. The molecule has 1 aromatic heterocycles. The Balaban J connectivity index is 1.83. The van der Waals surface area contributed by atoms with Crippen LogP contribution in [-0.4, -0.2) is 17.7 Å². The van der Waals surface area contributed by atoms with Gasteiger partial charge in [-0.05, 0) is 55.2 Å². The minimum absolute atomic E-state index is 0.327. The van der Waals surface area contributed by atoms with Crippen molar-refractivity contribution in [2.24, 2.45) is 0 Å². The molecule has 156 valence electrons. The van der Waals surface area contributed by atoms with Crippen molar-refractivity contribution >= 4 is 45.3 Å². The summed E-state index contributed by atoms with van der Waals surface area (Å²) in [5.74, 6) is -0.344. The number of benzene rings is 2. The molecule has 0 amide bonds. The highest BCUT2D eigenvalue weighted by Gasteiger charge is 2.19. The average Bonchev–Trinajstić information content (AvgIpc) is 3.12. The molecule has 6 heteroatoms. The SMILES string of the molecule is CCOC(=O)c1cc(Cc2ccccc2)sc1NC(=S)Nc1c(C)cccc1CC. The van der Waals surface area contributed by atoms with Gasteiger partial charge in [-0.15, -0.1) is 11.3 Å². The Morgan fingerprint density at radius 3 is 2.53 bits per heavy atom. The van der Waals surface area contributed by atoms with Gasteiger partial charge in [0.25, 0.3) is 0 Å². The largest absolute Gasteiger partial charge is 0.462 e. The molecular formula is C24H26N2O2S2. The van der Waals surface area contributed by atoms with Gasteiger partial charge in [0, 0.05) is 17.0 Å². The highest BCUT2D eigenvalue weighted by molar-refractivity contribution is 7.80. The van der Waals surface area contributed by atoms with E-state index in [1.807, 2.05) is 30.3 Å². The van der Waals surface area contributed by atoms with Gasteiger partial charge in [-0.3, -0.25) is 0 Å². The van der Waals surface area contributed by atoms with E-state index < -0.39 is 0 Å². The van der Waals surface area contributed by atoms with Crippen molar-refractivity contribution in [2.75, 3.05) is 17.2 Å². The fraction of sp³-hybridized carbons (Fsp3) is 0.250. The normalized spacial score (nSPS) is 10.5. The molecule has 0 aliphatic rings. The predicted octanol–water partition coefficient (Wildman–Crippen LogP) is 6.20. The van der Waals surface area contributed by atoms with Crippen LogP contribution < -0.4 is 10.6 Å². The summed E-state index contributed by atoms with van der Waals surface area (Å²) in [5.41, 5.74) is 5.03. The van der Waals surface area contributed by atoms with Gasteiger partial charge in [0.1, 0.15) is 5.00 Å². The number of aryl methyl sites for hydroxylation is 2. The van der Waals surface area contributed by atoms with E-state index in [0.29, 0.717) is 22.3 Å². The van der Waals surface area contributed by atoms with Gasteiger partial charge >= 0.3 is 5.97 Å². The van der Waals surface area contributed by atoms with Crippen molar-refractivity contribution in [3.8, 4) is 0 Å². The molecular weight excluding hydrogens is 412 g/mol. The zero-order valence-corrected chi connectivity index (χ0v) is 19.1. The van der Waals surface area contributed by atoms with E-state index in [4.69, 9.17) is 17.0 Å². The molecule has 2 aromatic carbocycles. The lowest BCUT2D eigenvalue weighted by Gasteiger charge is -2.15. The van der Waals surface area contributed by atoms with Crippen LogP contribution in [0.15, 0.2) is 54.6 Å². The Kier molecular flexibility index (Phi) is 7.60. The summed E-state index contributed by atoms with van der Waals surface area (Å²) in [4.78, 5) is 13.6. The van der Waals surface area contributed by atoms with E-state index in [2.05, 4.69) is 48.7 Å². The summed E-state index contributed by atoms with van der Waals surface area (Å²) in [5, 5.41) is 7.69. The molecule has 0 saturated carbocycles. The standard InChI is InChI=1S/C24H26N2O2S2/c1-4-18-13-9-10-16(3)21(18)25-24(29)26-22-20(23(27)28-5-2)15-19(30-22)14-17-11-7-6-8-12-17/h6-13,15H,4-5,14H2,1-3H3,(H2,25,26,29). The van der Waals surface area contributed by atoms with Gasteiger partial charge in [0.2, 0.25) is 0 Å². The van der Waals surface area contributed by atoms with Gasteiger partial charge in [0.15, 0.2) is 5.11 Å². The molecule has 2 N–H and O–H groups in total. The monoisotopic (exact) mass is 438 g/mol. The molecule has 0 radical (unpaired) electrons. The highest BCUT2D eigenvalue weighted by atomic mass is 32.1.